The molecule has 6 nitrogen and oxygen atoms in total. The number of methoxy groups -OCH3 is 2. The molecule has 0 aromatic carbocycles. The van der Waals surface area contributed by atoms with Crippen molar-refractivity contribution >= 4 is 15.9 Å². The van der Waals surface area contributed by atoms with Crippen LogP contribution in [-0.2, 0) is 17.1 Å². The first kappa shape index (κ1) is 24.5. The van der Waals surface area contributed by atoms with Gasteiger partial charge in [-0.25, -0.2) is 0 Å². The van der Waals surface area contributed by atoms with Gasteiger partial charge < -0.3 is 11.0 Å². The molecule has 0 spiro atoms. The minimum Gasteiger partial charge on any atom is -0.870 e. The summed E-state index contributed by atoms with van der Waals surface area (Å²) in [6.07, 6.45) is -0.400. The molecule has 2 unspecified atom stereocenters. The molecule has 80 valence electrons. The molecule has 0 aromatic rings. The normalized spacial score (nSPS) is 12.3. The van der Waals surface area contributed by atoms with Crippen molar-refractivity contribution in [2.24, 2.45) is 0 Å². The van der Waals surface area contributed by atoms with Crippen LogP contribution in [0.15, 0.2) is 0 Å². The van der Waals surface area contributed by atoms with E-state index in [1.807, 2.05) is 13.8 Å². The van der Waals surface area contributed by atoms with E-state index in [9.17, 15) is 0 Å². The van der Waals surface area contributed by atoms with Gasteiger partial charge in [0.15, 0.2) is 0 Å². The third-order valence-corrected chi connectivity index (χ3v) is 2.15. The Morgan fingerprint density at radius 1 is 0.857 bits per heavy atom. The van der Waals surface area contributed by atoms with Gasteiger partial charge in [0.1, 0.15) is 0 Å². The molecule has 0 aliphatic heterocycles. The molecule has 0 saturated carbocycles. The Labute approximate surface area is 114 Å². The molecule has 0 heterocycles. The molecule has 0 fully saturated rings. The van der Waals surface area contributed by atoms with Gasteiger partial charge in [-0.05, 0) is 0 Å². The first-order chi connectivity index (χ1) is 5.20. The molecule has 0 aliphatic carbocycles. The van der Waals surface area contributed by atoms with E-state index in [1.165, 1.54) is 0 Å². The van der Waals surface area contributed by atoms with Crippen LogP contribution in [0.5, 0.6) is 0 Å². The average Bonchev–Trinajstić information content (AvgIpc) is 2.04. The monoisotopic (exact) mass is 234 g/mol. The second kappa shape index (κ2) is 16.7. The maximum atomic E-state index is 5.12. The second-order valence-electron chi connectivity index (χ2n) is 1.98. The Morgan fingerprint density at radius 2 is 1.14 bits per heavy atom. The Kier molecular flexibility index (Phi) is 29.2. The summed E-state index contributed by atoms with van der Waals surface area (Å²) < 4.78 is 19.9. The molecule has 0 aliphatic rings. The number of hydrogen-bond acceptors (Lipinski definition) is 6. The third-order valence-electron chi connectivity index (χ3n) is 1.16. The van der Waals surface area contributed by atoms with Gasteiger partial charge in [0.2, 0.25) is 0 Å². The Morgan fingerprint density at radius 3 is 1.36 bits per heavy atom. The molecule has 0 bridgehead atoms. The van der Waals surface area contributed by atoms with E-state index in [1.54, 1.807) is 14.2 Å². The van der Waals surface area contributed by atoms with Gasteiger partial charge in [-0.15, -0.1) is 0 Å². The van der Waals surface area contributed by atoms with Gasteiger partial charge >= 0.3 is 103 Å². The average molecular weight is 234 g/mol. The quantitative estimate of drug-likeness (QED) is 0.363. The van der Waals surface area contributed by atoms with Crippen LogP contribution in [0.1, 0.15) is 13.8 Å². The van der Waals surface area contributed by atoms with Crippen molar-refractivity contribution in [3.63, 3.8) is 0 Å². The van der Waals surface area contributed by atoms with Gasteiger partial charge in [-0.2, -0.15) is 0 Å². The maximum Gasteiger partial charge on any atom is 1.00 e. The summed E-state index contributed by atoms with van der Waals surface area (Å²) in [6, 6.07) is 0. The predicted molar refractivity (Wildman–Crippen MR) is 44.7 cm³/mol. The van der Waals surface area contributed by atoms with Crippen molar-refractivity contribution in [1.82, 2.24) is 0 Å². The van der Waals surface area contributed by atoms with E-state index in [-0.39, 0.29) is 53.1 Å². The Bertz CT molecular complexity index is 88.4. The van der Waals surface area contributed by atoms with Crippen molar-refractivity contribution in [3.05, 3.63) is 0 Å². The van der Waals surface area contributed by atoms with E-state index >= 15 is 0 Å². The van der Waals surface area contributed by atoms with E-state index in [0.717, 1.165) is 0 Å². The van der Waals surface area contributed by atoms with Gasteiger partial charge in [0.25, 0.3) is 0 Å². The zero-order valence-electron chi connectivity index (χ0n) is 9.26. The summed E-state index contributed by atoms with van der Waals surface area (Å²) in [6.45, 7) is 3.63. The van der Waals surface area contributed by atoms with Gasteiger partial charge in [-0.1, -0.05) is 0 Å². The summed E-state index contributed by atoms with van der Waals surface area (Å²) in [5.41, 5.74) is 0. The van der Waals surface area contributed by atoms with Crippen LogP contribution in [-0.4, -0.2) is 53.6 Å². The van der Waals surface area contributed by atoms with Gasteiger partial charge in [0.05, 0.1) is 0 Å². The van der Waals surface area contributed by atoms with Crippen LogP contribution in [0.2, 0.25) is 0 Å². The van der Waals surface area contributed by atoms with E-state index in [2.05, 4.69) is 0 Å². The summed E-state index contributed by atoms with van der Waals surface area (Å²) in [4.78, 5) is 0. The van der Waals surface area contributed by atoms with Crippen molar-refractivity contribution in [2.75, 3.05) is 14.2 Å². The van der Waals surface area contributed by atoms with E-state index < -0.39 is 15.9 Å². The molecule has 0 aromatic heterocycles. The predicted octanol–water partition coefficient (Wildman–Crippen LogP) is -2.81. The van der Waals surface area contributed by atoms with Crippen LogP contribution in [0.25, 0.3) is 0 Å². The fraction of sp³-hybridized carbons (Fsp3) is 1.00. The number of hydrogen-bond donors (Lipinski definition) is 0. The smallest absolute Gasteiger partial charge is 0.870 e. The molecule has 8 heteroatoms. The van der Waals surface area contributed by atoms with Gasteiger partial charge in [-0.3, -0.25) is 0 Å². The second-order valence-corrected chi connectivity index (χ2v) is 2.71. The zero-order valence-corrected chi connectivity index (χ0v) is 12.4. The fourth-order valence-electron chi connectivity index (χ4n) is 0.300. The summed E-state index contributed by atoms with van der Waals surface area (Å²) in [7, 11) is 3.17. The zero-order chi connectivity index (χ0) is 8.69. The minimum absolute atomic E-state index is 0. The fourth-order valence-corrected chi connectivity index (χ4v) is 0.899. The standard InChI is InChI=1S/2C3H7O2.Al.Na.2H2O/c2*1-3(4)5-2;;;;/h2*3H,1-2H3;;;2*1H2/q2*-1;+3;+1;;/p-2. The van der Waals surface area contributed by atoms with Crippen molar-refractivity contribution < 1.29 is 57.6 Å². The molecular weight excluding hydrogens is 218 g/mol. The SMILES string of the molecule is COC(C)[O][Al+][O]C(C)OC.[Na+].[OH-].[OH-]. The van der Waals surface area contributed by atoms with Crippen molar-refractivity contribution in [3.8, 4) is 0 Å². The molecule has 2 atom stereocenters. The maximum absolute atomic E-state index is 5.12. The Balaban J connectivity index is -0.000000167. The minimum atomic E-state index is -0.500. The third kappa shape index (κ3) is 15.8. The number of ether oxygens (including phenoxy) is 2. The van der Waals surface area contributed by atoms with Gasteiger partial charge in [0, 0.05) is 0 Å². The molecule has 0 saturated heterocycles. The summed E-state index contributed by atoms with van der Waals surface area (Å²) in [5, 5.41) is 0. The first-order valence-corrected chi connectivity index (χ1v) is 4.33. The Hall–Kier alpha value is 1.29. The molecule has 14 heavy (non-hydrogen) atoms. The number of rotatable bonds is 6. The largest absolute Gasteiger partial charge is 1.00 e. The molecule has 0 amide bonds. The summed E-state index contributed by atoms with van der Waals surface area (Å²) in [5.74, 6) is 0. The molecule has 0 radical (unpaired) electrons. The van der Waals surface area contributed by atoms with E-state index in [0.29, 0.717) is 0 Å². The first-order valence-electron chi connectivity index (χ1n) is 3.39. The van der Waals surface area contributed by atoms with Crippen molar-refractivity contribution in [1.29, 1.82) is 0 Å². The molecule has 2 N–H and O–H groups in total. The topological polar surface area (TPSA) is 96.9 Å². The molecular formula is C6H16AlNaO6. The van der Waals surface area contributed by atoms with Crippen LogP contribution in [0.3, 0.4) is 0 Å². The summed E-state index contributed by atoms with van der Waals surface area (Å²) >= 11 is -0.500. The van der Waals surface area contributed by atoms with Crippen LogP contribution in [0, 0.1) is 0 Å². The molecule has 0 rings (SSSR count). The van der Waals surface area contributed by atoms with Crippen LogP contribution >= 0.6 is 0 Å². The van der Waals surface area contributed by atoms with Crippen LogP contribution < -0.4 is 29.6 Å². The van der Waals surface area contributed by atoms with Crippen molar-refractivity contribution in [2.45, 2.75) is 26.4 Å². The van der Waals surface area contributed by atoms with Crippen LogP contribution in [0.4, 0.5) is 0 Å². The van der Waals surface area contributed by atoms with E-state index in [4.69, 9.17) is 17.1 Å².